The van der Waals surface area contributed by atoms with Crippen molar-refractivity contribution in [1.29, 1.82) is 0 Å². The molecule has 1 aliphatic carbocycles. The topological polar surface area (TPSA) is 119 Å². The molecular weight excluding hydrogens is 516 g/mol. The summed E-state index contributed by atoms with van der Waals surface area (Å²) >= 11 is 0. The first-order valence-corrected chi connectivity index (χ1v) is 15.3. The lowest BCUT2D eigenvalue weighted by molar-refractivity contribution is -0.171. The molecule has 222 valence electrons. The molecule has 0 amide bonds. The van der Waals surface area contributed by atoms with Crippen LogP contribution in [0, 0.1) is 11.8 Å². The fourth-order valence-electron chi connectivity index (χ4n) is 6.53. The number of esters is 2. The van der Waals surface area contributed by atoms with Crippen LogP contribution in [-0.4, -0.2) is 53.6 Å². The Bertz CT molecular complexity index is 1230. The minimum atomic E-state index is -0.807. The molecule has 1 saturated carbocycles. The lowest BCUT2D eigenvalue weighted by atomic mass is 9.77. The molecule has 3 atom stereocenters. The van der Waals surface area contributed by atoms with E-state index < -0.39 is 18.0 Å². The highest BCUT2D eigenvalue weighted by Crippen LogP contribution is 2.38. The number of nitrogen functional groups attached to an aromatic ring is 1. The first-order valence-electron chi connectivity index (χ1n) is 15.3. The van der Waals surface area contributed by atoms with Gasteiger partial charge >= 0.3 is 11.9 Å². The van der Waals surface area contributed by atoms with Crippen LogP contribution in [0.2, 0.25) is 0 Å². The van der Waals surface area contributed by atoms with Gasteiger partial charge in [0.15, 0.2) is 0 Å². The van der Waals surface area contributed by atoms with Crippen LogP contribution in [0.3, 0.4) is 0 Å². The predicted octanol–water partition coefficient (Wildman–Crippen LogP) is 6.24. The summed E-state index contributed by atoms with van der Waals surface area (Å²) in [6.45, 7) is 8.32. The summed E-state index contributed by atoms with van der Waals surface area (Å²) in [6.07, 6.45) is 8.68. The van der Waals surface area contributed by atoms with Gasteiger partial charge in [-0.3, -0.25) is 14.8 Å². The van der Waals surface area contributed by atoms with Gasteiger partial charge in [-0.2, -0.15) is 0 Å². The number of aromatic nitrogens is 1. The highest BCUT2D eigenvalue weighted by Gasteiger charge is 2.35. The Labute approximate surface area is 244 Å². The summed E-state index contributed by atoms with van der Waals surface area (Å²) in [5.41, 5.74) is 13.1. The molecule has 1 aromatic carbocycles. The number of H-pyrrole nitrogens is 1. The van der Waals surface area contributed by atoms with E-state index in [0.29, 0.717) is 12.5 Å². The molecule has 8 nitrogen and oxygen atoms in total. The zero-order valence-electron chi connectivity index (χ0n) is 25.0. The number of hydrogen-bond acceptors (Lipinski definition) is 7. The number of nitrogens with zero attached hydrogens (tertiary/aromatic N) is 2. The van der Waals surface area contributed by atoms with E-state index >= 15 is 0 Å². The molecule has 0 radical (unpaired) electrons. The summed E-state index contributed by atoms with van der Waals surface area (Å²) < 4.78 is 10.5. The first-order chi connectivity index (χ1) is 19.8. The van der Waals surface area contributed by atoms with Crippen LogP contribution in [0.15, 0.2) is 46.5 Å². The van der Waals surface area contributed by atoms with E-state index in [9.17, 15) is 9.59 Å². The van der Waals surface area contributed by atoms with E-state index in [0.717, 1.165) is 74.0 Å². The third-order valence-corrected chi connectivity index (χ3v) is 8.65. The highest BCUT2D eigenvalue weighted by molar-refractivity contribution is 6.04. The average Bonchev–Trinajstić information content (AvgIpc) is 3.35. The molecular formula is C33H46N4O4. The van der Waals surface area contributed by atoms with E-state index in [1.807, 2.05) is 6.07 Å². The molecule has 8 heteroatoms. The number of aliphatic imine (C=N–C) groups is 2. The third kappa shape index (κ3) is 7.66. The minimum absolute atomic E-state index is 0.00198. The second-order valence-corrected chi connectivity index (χ2v) is 11.4. The Balaban J connectivity index is 1.37. The van der Waals surface area contributed by atoms with Gasteiger partial charge in [0.25, 0.3) is 0 Å². The number of hydrogen-bond donors (Lipinski definition) is 2. The number of rotatable bonds is 11. The van der Waals surface area contributed by atoms with E-state index in [1.165, 1.54) is 18.2 Å². The van der Waals surface area contributed by atoms with Gasteiger partial charge in [-0.05, 0) is 76.3 Å². The van der Waals surface area contributed by atoms with Gasteiger partial charge in [0.05, 0.1) is 29.7 Å². The quantitative estimate of drug-likeness (QED) is 0.248. The zero-order chi connectivity index (χ0) is 29.4. The number of aromatic amines is 1. The van der Waals surface area contributed by atoms with Crippen molar-refractivity contribution in [1.82, 2.24) is 4.98 Å². The van der Waals surface area contributed by atoms with Crippen molar-refractivity contribution in [3.63, 3.8) is 0 Å². The number of benzene rings is 1. The number of carbonyl (C=O) groups is 2. The van der Waals surface area contributed by atoms with Crippen LogP contribution in [0.25, 0.3) is 0 Å². The molecule has 0 saturated heterocycles. The van der Waals surface area contributed by atoms with Gasteiger partial charge in [-0.25, -0.2) is 4.79 Å². The fourth-order valence-corrected chi connectivity index (χ4v) is 6.53. The zero-order valence-corrected chi connectivity index (χ0v) is 25.0. The lowest BCUT2D eigenvalue weighted by Gasteiger charge is -2.32. The van der Waals surface area contributed by atoms with E-state index in [1.54, 1.807) is 6.92 Å². The number of ether oxygens (including phenoxy) is 2. The van der Waals surface area contributed by atoms with Gasteiger partial charge in [0.2, 0.25) is 6.10 Å². The Morgan fingerprint density at radius 1 is 1.12 bits per heavy atom. The van der Waals surface area contributed by atoms with Gasteiger partial charge in [-0.15, -0.1) is 0 Å². The summed E-state index contributed by atoms with van der Waals surface area (Å²) in [5, 5.41) is 0. The van der Waals surface area contributed by atoms with Crippen molar-refractivity contribution >= 4 is 29.0 Å². The summed E-state index contributed by atoms with van der Waals surface area (Å²) in [7, 11) is 0. The first kappa shape index (κ1) is 30.5. The summed E-state index contributed by atoms with van der Waals surface area (Å²) in [5.74, 6) is -0.0825. The molecule has 1 aromatic heterocycles. The summed E-state index contributed by atoms with van der Waals surface area (Å²) in [6, 6.07) is 10.6. The van der Waals surface area contributed by atoms with Gasteiger partial charge in [0.1, 0.15) is 0 Å². The highest BCUT2D eigenvalue weighted by atomic mass is 16.6. The molecule has 1 aliphatic heterocycles. The van der Waals surface area contributed by atoms with Crippen molar-refractivity contribution in [2.45, 2.75) is 97.1 Å². The molecule has 2 aromatic rings. The Morgan fingerprint density at radius 2 is 1.85 bits per heavy atom. The number of nitrogens with two attached hydrogens (primary N) is 1. The van der Waals surface area contributed by atoms with E-state index in [4.69, 9.17) is 25.2 Å². The van der Waals surface area contributed by atoms with Gasteiger partial charge in [-0.1, -0.05) is 43.2 Å². The molecule has 0 bridgehead atoms. The van der Waals surface area contributed by atoms with Crippen LogP contribution in [0.4, 0.5) is 5.69 Å². The molecule has 2 aliphatic rings. The summed E-state index contributed by atoms with van der Waals surface area (Å²) in [4.78, 5) is 37.4. The van der Waals surface area contributed by atoms with Crippen LogP contribution in [0.5, 0.6) is 0 Å². The average molecular weight is 563 g/mol. The molecule has 3 N–H and O–H groups in total. The largest absolute Gasteiger partial charge is 0.463 e. The monoisotopic (exact) mass is 562 g/mol. The van der Waals surface area contributed by atoms with Crippen molar-refractivity contribution in [2.75, 3.05) is 18.9 Å². The van der Waals surface area contributed by atoms with Crippen molar-refractivity contribution < 1.29 is 19.1 Å². The maximum atomic E-state index is 12.4. The smallest absolute Gasteiger partial charge is 0.347 e. The molecule has 41 heavy (non-hydrogen) atoms. The Kier molecular flexibility index (Phi) is 10.8. The predicted molar refractivity (Wildman–Crippen MR) is 164 cm³/mol. The fraction of sp³-hybridized carbons (Fsp3) is 0.576. The minimum Gasteiger partial charge on any atom is -0.463 e. The van der Waals surface area contributed by atoms with Crippen LogP contribution < -0.4 is 5.73 Å². The van der Waals surface area contributed by atoms with Crippen LogP contribution in [0.1, 0.15) is 102 Å². The van der Waals surface area contributed by atoms with Gasteiger partial charge in [0, 0.05) is 37.2 Å². The maximum absolute atomic E-state index is 12.4. The SMILES string of the molecule is CCN=C(CCC1CCC(C(OC(C)=O)C(=O)OCC)CC1)c1[nH]cc(C2CCC(c3ccccc3)=NC2C)c1N. The normalized spacial score (nSPS) is 23.9. The number of carbonyl (C=O) groups excluding carboxylic acids is 2. The van der Waals surface area contributed by atoms with E-state index in [-0.39, 0.29) is 24.5 Å². The Morgan fingerprint density at radius 3 is 2.49 bits per heavy atom. The van der Waals surface area contributed by atoms with Crippen molar-refractivity contribution in [2.24, 2.45) is 21.8 Å². The molecule has 3 unspecified atom stereocenters. The van der Waals surface area contributed by atoms with Crippen LogP contribution in [-0.2, 0) is 19.1 Å². The second kappa shape index (κ2) is 14.5. The van der Waals surface area contributed by atoms with Crippen molar-refractivity contribution in [3.8, 4) is 0 Å². The Hall–Kier alpha value is -3.42. The number of nitrogens with one attached hydrogen (secondary N) is 1. The second-order valence-electron chi connectivity index (χ2n) is 11.4. The van der Waals surface area contributed by atoms with Crippen LogP contribution >= 0.6 is 0 Å². The molecule has 0 spiro atoms. The standard InChI is InChI=1S/C33H46N4O4/c1-5-35-29(18-14-23-12-15-25(16-13-23)32(41-22(4)38)33(39)40-6-2)31-30(34)27(20-36-31)26-17-19-28(37-21(26)3)24-10-8-7-9-11-24/h7-11,20-21,23,25-26,32,36H,5-6,12-19,34H2,1-4H3. The van der Waals surface area contributed by atoms with Crippen molar-refractivity contribution in [3.05, 3.63) is 53.3 Å². The molecule has 4 rings (SSSR count). The molecule has 2 heterocycles. The maximum Gasteiger partial charge on any atom is 0.347 e. The lowest BCUT2D eigenvalue weighted by Crippen LogP contribution is -2.37. The van der Waals surface area contributed by atoms with Gasteiger partial charge < -0.3 is 20.2 Å². The number of anilines is 1. The van der Waals surface area contributed by atoms with E-state index in [2.05, 4.69) is 49.3 Å². The third-order valence-electron chi connectivity index (χ3n) is 8.65. The molecule has 1 fully saturated rings.